The molecule has 2 aliphatic rings. The van der Waals surface area contributed by atoms with Gasteiger partial charge in [-0.25, -0.2) is 0 Å². The number of nitrogens with one attached hydrogen (secondary N) is 1. The zero-order valence-corrected chi connectivity index (χ0v) is 12.5. The molecule has 2 fully saturated rings. The molecule has 6 nitrogen and oxygen atoms in total. The van der Waals surface area contributed by atoms with E-state index >= 15 is 0 Å². The van der Waals surface area contributed by atoms with Crippen molar-refractivity contribution in [2.45, 2.75) is 50.3 Å². The fourth-order valence-electron chi connectivity index (χ4n) is 3.62. The summed E-state index contributed by atoms with van der Waals surface area (Å²) in [5.74, 6) is 0.0691. The Morgan fingerprint density at radius 3 is 3.00 bits per heavy atom. The molecule has 116 valence electrons. The fourth-order valence-corrected chi connectivity index (χ4v) is 3.62. The van der Waals surface area contributed by atoms with E-state index < -0.39 is 0 Å². The lowest BCUT2D eigenvalue weighted by Gasteiger charge is -2.29. The highest BCUT2D eigenvalue weighted by Gasteiger charge is 2.36. The van der Waals surface area contributed by atoms with Crippen LogP contribution in [0.15, 0.2) is 12.4 Å². The Kier molecular flexibility index (Phi) is 4.26. The van der Waals surface area contributed by atoms with Gasteiger partial charge >= 0.3 is 0 Å². The lowest BCUT2D eigenvalue weighted by Crippen LogP contribution is -2.48. The summed E-state index contributed by atoms with van der Waals surface area (Å²) >= 11 is 0. The van der Waals surface area contributed by atoms with Gasteiger partial charge in [-0.1, -0.05) is 0 Å². The van der Waals surface area contributed by atoms with Crippen LogP contribution in [0.1, 0.15) is 31.2 Å². The molecule has 3 rings (SSSR count). The van der Waals surface area contributed by atoms with Gasteiger partial charge in [-0.2, -0.15) is 5.10 Å². The zero-order chi connectivity index (χ0) is 14.8. The van der Waals surface area contributed by atoms with Gasteiger partial charge in [0, 0.05) is 38.4 Å². The first kappa shape index (κ1) is 14.5. The van der Waals surface area contributed by atoms with Gasteiger partial charge in [0.1, 0.15) is 0 Å². The maximum atomic E-state index is 12.2. The van der Waals surface area contributed by atoms with Crippen LogP contribution >= 0.6 is 0 Å². The lowest BCUT2D eigenvalue weighted by molar-refractivity contribution is -0.121. The van der Waals surface area contributed by atoms with Crippen molar-refractivity contribution >= 4 is 5.91 Å². The van der Waals surface area contributed by atoms with Gasteiger partial charge in [-0.3, -0.25) is 14.4 Å². The number of β-amino-alcohol motifs (C(OH)–C–C–N with tert-alkyl or cyclic N) is 1. The van der Waals surface area contributed by atoms with E-state index in [9.17, 15) is 9.90 Å². The highest BCUT2D eigenvalue weighted by atomic mass is 16.3. The summed E-state index contributed by atoms with van der Waals surface area (Å²) in [4.78, 5) is 14.5. The van der Waals surface area contributed by atoms with Crippen LogP contribution in [-0.2, 0) is 18.3 Å². The molecule has 21 heavy (non-hydrogen) atoms. The van der Waals surface area contributed by atoms with Gasteiger partial charge in [0.15, 0.2) is 0 Å². The lowest BCUT2D eigenvalue weighted by atomic mass is 10.1. The zero-order valence-electron chi connectivity index (χ0n) is 12.5. The second kappa shape index (κ2) is 6.15. The minimum Gasteiger partial charge on any atom is -0.392 e. The molecule has 0 aromatic carbocycles. The number of hydrogen-bond acceptors (Lipinski definition) is 4. The Labute approximate surface area is 125 Å². The van der Waals surface area contributed by atoms with E-state index in [2.05, 4.69) is 15.3 Å². The van der Waals surface area contributed by atoms with Crippen LogP contribution in [0.25, 0.3) is 0 Å². The molecule has 0 spiro atoms. The first-order valence-electron chi connectivity index (χ1n) is 7.81. The van der Waals surface area contributed by atoms with Crippen molar-refractivity contribution in [1.82, 2.24) is 20.0 Å². The van der Waals surface area contributed by atoms with Crippen molar-refractivity contribution < 1.29 is 9.90 Å². The molecule has 0 bridgehead atoms. The second-order valence-corrected chi connectivity index (χ2v) is 6.31. The minimum absolute atomic E-state index is 0.0691. The molecular formula is C15H24N4O2. The highest BCUT2D eigenvalue weighted by Crippen LogP contribution is 2.27. The third-order valence-corrected chi connectivity index (χ3v) is 4.61. The van der Waals surface area contributed by atoms with Crippen LogP contribution in [0, 0.1) is 0 Å². The largest absolute Gasteiger partial charge is 0.392 e. The summed E-state index contributed by atoms with van der Waals surface area (Å²) in [6, 6.07) is 0.611. The van der Waals surface area contributed by atoms with Crippen LogP contribution in [-0.4, -0.2) is 57.0 Å². The third-order valence-electron chi connectivity index (χ3n) is 4.61. The summed E-state index contributed by atoms with van der Waals surface area (Å²) in [5, 5.41) is 17.0. The van der Waals surface area contributed by atoms with Crippen molar-refractivity contribution in [1.29, 1.82) is 0 Å². The standard InChI is InChI=1S/C15H24N4O2/c1-18-9-11(8-16-18)7-15(21)17-13-3-2-4-14(13)19-6-5-12(20)10-19/h8-9,12-14,20H,2-7,10H2,1H3,(H,17,21)/t12?,13-,14+/m1/s1. The topological polar surface area (TPSA) is 70.4 Å². The molecule has 1 saturated heterocycles. The van der Waals surface area contributed by atoms with Gasteiger partial charge in [0.05, 0.1) is 18.7 Å². The molecule has 1 unspecified atom stereocenters. The first-order valence-corrected chi connectivity index (χ1v) is 7.81. The van der Waals surface area contributed by atoms with Gasteiger partial charge in [0.25, 0.3) is 0 Å². The Morgan fingerprint density at radius 2 is 2.33 bits per heavy atom. The van der Waals surface area contributed by atoms with E-state index in [4.69, 9.17) is 0 Å². The molecule has 1 amide bonds. The Hall–Kier alpha value is -1.40. The van der Waals surface area contributed by atoms with Crippen LogP contribution in [0.4, 0.5) is 0 Å². The molecule has 1 aromatic rings. The predicted molar refractivity (Wildman–Crippen MR) is 78.7 cm³/mol. The highest BCUT2D eigenvalue weighted by molar-refractivity contribution is 5.78. The molecule has 1 saturated carbocycles. The average Bonchev–Trinajstić information content (AvgIpc) is 3.12. The van der Waals surface area contributed by atoms with Crippen molar-refractivity contribution in [3.05, 3.63) is 18.0 Å². The van der Waals surface area contributed by atoms with E-state index in [1.807, 2.05) is 13.2 Å². The van der Waals surface area contributed by atoms with E-state index in [0.717, 1.165) is 44.3 Å². The van der Waals surface area contributed by atoms with Gasteiger partial charge in [0.2, 0.25) is 5.91 Å². The second-order valence-electron chi connectivity index (χ2n) is 6.31. The quantitative estimate of drug-likeness (QED) is 0.824. The Bertz CT molecular complexity index is 502. The van der Waals surface area contributed by atoms with Crippen LogP contribution in [0.5, 0.6) is 0 Å². The number of aromatic nitrogens is 2. The average molecular weight is 292 g/mol. The molecule has 3 atom stereocenters. The third kappa shape index (κ3) is 3.44. The number of amides is 1. The molecule has 6 heteroatoms. The van der Waals surface area contributed by atoms with Crippen LogP contribution in [0.3, 0.4) is 0 Å². The number of nitrogens with zero attached hydrogens (tertiary/aromatic N) is 3. The molecule has 1 aromatic heterocycles. The van der Waals surface area contributed by atoms with Gasteiger partial charge < -0.3 is 10.4 Å². The molecule has 0 radical (unpaired) electrons. The minimum atomic E-state index is -0.197. The number of rotatable bonds is 4. The van der Waals surface area contributed by atoms with Crippen molar-refractivity contribution in [2.75, 3.05) is 13.1 Å². The monoisotopic (exact) mass is 292 g/mol. The maximum Gasteiger partial charge on any atom is 0.224 e. The van der Waals surface area contributed by atoms with Crippen LogP contribution in [0.2, 0.25) is 0 Å². The van der Waals surface area contributed by atoms with Crippen LogP contribution < -0.4 is 5.32 Å². The molecule has 2 heterocycles. The maximum absolute atomic E-state index is 12.2. The number of hydrogen-bond donors (Lipinski definition) is 2. The van der Waals surface area contributed by atoms with Crippen molar-refractivity contribution in [3.8, 4) is 0 Å². The van der Waals surface area contributed by atoms with Crippen molar-refractivity contribution in [3.63, 3.8) is 0 Å². The summed E-state index contributed by atoms with van der Waals surface area (Å²) in [5.41, 5.74) is 0.946. The number of likely N-dealkylation sites (tertiary alicyclic amines) is 1. The SMILES string of the molecule is Cn1cc(CC(=O)N[C@@H]2CCC[C@@H]2N2CCC(O)C2)cn1. The van der Waals surface area contributed by atoms with Gasteiger partial charge in [-0.15, -0.1) is 0 Å². The Morgan fingerprint density at radius 1 is 1.48 bits per heavy atom. The number of carbonyl (C=O) groups is 1. The normalized spacial score (nSPS) is 29.9. The molecule has 1 aliphatic carbocycles. The van der Waals surface area contributed by atoms with Crippen molar-refractivity contribution in [2.24, 2.45) is 7.05 Å². The smallest absolute Gasteiger partial charge is 0.224 e. The number of aliphatic hydroxyl groups excluding tert-OH is 1. The first-order chi connectivity index (χ1) is 10.1. The van der Waals surface area contributed by atoms with Gasteiger partial charge in [-0.05, 0) is 31.2 Å². The molecule has 2 N–H and O–H groups in total. The number of carbonyl (C=O) groups excluding carboxylic acids is 1. The summed E-state index contributed by atoms with van der Waals surface area (Å²) < 4.78 is 1.71. The molecular weight excluding hydrogens is 268 g/mol. The molecule has 1 aliphatic heterocycles. The summed E-state index contributed by atoms with van der Waals surface area (Å²) in [7, 11) is 1.85. The van der Waals surface area contributed by atoms with E-state index in [1.165, 1.54) is 0 Å². The summed E-state index contributed by atoms with van der Waals surface area (Å²) in [6.45, 7) is 1.69. The number of aliphatic hydroxyl groups is 1. The van der Waals surface area contributed by atoms with E-state index in [-0.39, 0.29) is 18.1 Å². The van der Waals surface area contributed by atoms with E-state index in [0.29, 0.717) is 12.5 Å². The Balaban J connectivity index is 1.54. The number of aryl methyl sites for hydroxylation is 1. The fraction of sp³-hybridized carbons (Fsp3) is 0.733. The summed E-state index contributed by atoms with van der Waals surface area (Å²) in [6.07, 6.45) is 7.96. The predicted octanol–water partition coefficient (Wildman–Crippen LogP) is 0.0665. The van der Waals surface area contributed by atoms with E-state index in [1.54, 1.807) is 10.9 Å².